The standard InChI is InChI=1S/C19H15N5O/c25-19-20-9-4-10-24(19)12-14-5-3-6-15(11-14)23-18-16-7-1-2-8-17(16)21-13-22-18/h1-11,13H,12H2,(H,21,22,23). The molecule has 6 nitrogen and oxygen atoms in total. The lowest BCUT2D eigenvalue weighted by Crippen LogP contribution is -2.21. The molecule has 0 bridgehead atoms. The van der Waals surface area contributed by atoms with Gasteiger partial charge in [-0.3, -0.25) is 4.57 Å². The average molecular weight is 329 g/mol. The van der Waals surface area contributed by atoms with Crippen LogP contribution in [0.5, 0.6) is 0 Å². The Morgan fingerprint density at radius 3 is 2.80 bits per heavy atom. The van der Waals surface area contributed by atoms with E-state index in [0.717, 1.165) is 28.0 Å². The Kier molecular flexibility index (Phi) is 3.92. The van der Waals surface area contributed by atoms with Gasteiger partial charge in [0.25, 0.3) is 0 Å². The van der Waals surface area contributed by atoms with Crippen LogP contribution in [0.1, 0.15) is 5.56 Å². The molecule has 0 saturated heterocycles. The van der Waals surface area contributed by atoms with Crippen LogP contribution in [0.2, 0.25) is 0 Å². The molecule has 25 heavy (non-hydrogen) atoms. The van der Waals surface area contributed by atoms with Gasteiger partial charge in [-0.1, -0.05) is 24.3 Å². The van der Waals surface area contributed by atoms with Crippen LogP contribution in [0.3, 0.4) is 0 Å². The first-order valence-electron chi connectivity index (χ1n) is 7.87. The van der Waals surface area contributed by atoms with Crippen LogP contribution in [0.4, 0.5) is 11.5 Å². The number of rotatable bonds is 4. The molecule has 6 heteroatoms. The number of nitrogens with zero attached hydrogens (tertiary/aromatic N) is 4. The zero-order valence-corrected chi connectivity index (χ0v) is 13.3. The maximum Gasteiger partial charge on any atom is 0.347 e. The van der Waals surface area contributed by atoms with Gasteiger partial charge in [0.15, 0.2) is 0 Å². The number of nitrogens with one attached hydrogen (secondary N) is 1. The Morgan fingerprint density at radius 1 is 0.960 bits per heavy atom. The van der Waals surface area contributed by atoms with Gasteiger partial charge >= 0.3 is 5.69 Å². The summed E-state index contributed by atoms with van der Waals surface area (Å²) in [5.41, 5.74) is 2.53. The first kappa shape index (κ1) is 15.0. The summed E-state index contributed by atoms with van der Waals surface area (Å²) >= 11 is 0. The largest absolute Gasteiger partial charge is 0.347 e. The third kappa shape index (κ3) is 3.23. The molecule has 2 aromatic heterocycles. The van der Waals surface area contributed by atoms with Gasteiger partial charge in [0.2, 0.25) is 0 Å². The van der Waals surface area contributed by atoms with E-state index >= 15 is 0 Å². The molecule has 0 spiro atoms. The van der Waals surface area contributed by atoms with Gasteiger partial charge in [-0.05, 0) is 35.9 Å². The van der Waals surface area contributed by atoms with E-state index in [1.54, 1.807) is 23.2 Å². The first-order valence-corrected chi connectivity index (χ1v) is 7.87. The summed E-state index contributed by atoms with van der Waals surface area (Å²) in [5, 5.41) is 4.29. The fourth-order valence-electron chi connectivity index (χ4n) is 2.69. The maximum absolute atomic E-state index is 11.8. The highest BCUT2D eigenvalue weighted by molar-refractivity contribution is 5.90. The molecule has 2 aromatic carbocycles. The summed E-state index contributed by atoms with van der Waals surface area (Å²) in [6.07, 6.45) is 4.77. The molecule has 122 valence electrons. The second-order valence-corrected chi connectivity index (χ2v) is 5.59. The number of aromatic nitrogens is 4. The van der Waals surface area contributed by atoms with Crippen LogP contribution in [-0.2, 0) is 6.54 Å². The Morgan fingerprint density at radius 2 is 1.88 bits per heavy atom. The van der Waals surface area contributed by atoms with Gasteiger partial charge in [-0.2, -0.15) is 0 Å². The molecular weight excluding hydrogens is 314 g/mol. The molecular formula is C19H15N5O. The second kappa shape index (κ2) is 6.52. The summed E-state index contributed by atoms with van der Waals surface area (Å²) in [6.45, 7) is 0.465. The number of hydrogen-bond acceptors (Lipinski definition) is 5. The first-order chi connectivity index (χ1) is 12.3. The SMILES string of the molecule is O=c1ncccn1Cc1cccc(Nc2ncnc3ccccc23)c1. The molecule has 0 aliphatic heterocycles. The molecule has 1 N–H and O–H groups in total. The summed E-state index contributed by atoms with van der Waals surface area (Å²) in [7, 11) is 0. The lowest BCUT2D eigenvalue weighted by molar-refractivity contribution is 0.727. The number of para-hydroxylation sites is 1. The smallest absolute Gasteiger partial charge is 0.340 e. The van der Waals surface area contributed by atoms with Crippen molar-refractivity contribution < 1.29 is 0 Å². The highest BCUT2D eigenvalue weighted by Crippen LogP contribution is 2.23. The van der Waals surface area contributed by atoms with E-state index in [4.69, 9.17) is 0 Å². The zero-order valence-electron chi connectivity index (χ0n) is 13.3. The molecule has 0 unspecified atom stereocenters. The predicted octanol–water partition coefficient (Wildman–Crippen LogP) is 2.98. The topological polar surface area (TPSA) is 72.7 Å². The van der Waals surface area contributed by atoms with Crippen LogP contribution in [0.25, 0.3) is 10.9 Å². The van der Waals surface area contributed by atoms with Crippen molar-refractivity contribution in [3.8, 4) is 0 Å². The summed E-state index contributed by atoms with van der Waals surface area (Å²) in [5.74, 6) is 0.751. The molecule has 0 amide bonds. The van der Waals surface area contributed by atoms with Gasteiger partial charge in [-0.15, -0.1) is 0 Å². The van der Waals surface area contributed by atoms with E-state index in [0.29, 0.717) is 6.54 Å². The quantitative estimate of drug-likeness (QED) is 0.623. The highest BCUT2D eigenvalue weighted by atomic mass is 16.1. The predicted molar refractivity (Wildman–Crippen MR) is 96.9 cm³/mol. The molecule has 2 heterocycles. The van der Waals surface area contributed by atoms with Crippen molar-refractivity contribution in [2.45, 2.75) is 6.54 Å². The Hall–Kier alpha value is -3.54. The third-order valence-corrected chi connectivity index (χ3v) is 3.87. The van der Waals surface area contributed by atoms with Crippen LogP contribution in [-0.4, -0.2) is 19.5 Å². The van der Waals surface area contributed by atoms with Gasteiger partial charge in [0.05, 0.1) is 12.1 Å². The molecule has 0 saturated carbocycles. The normalized spacial score (nSPS) is 10.7. The molecule has 0 aliphatic rings. The van der Waals surface area contributed by atoms with Gasteiger partial charge in [0, 0.05) is 23.5 Å². The van der Waals surface area contributed by atoms with Crippen LogP contribution < -0.4 is 11.0 Å². The van der Waals surface area contributed by atoms with Crippen LogP contribution in [0.15, 0.2) is 78.1 Å². The van der Waals surface area contributed by atoms with Crippen molar-refractivity contribution in [1.29, 1.82) is 0 Å². The molecule has 4 aromatic rings. The monoisotopic (exact) mass is 329 g/mol. The maximum atomic E-state index is 11.8. The fraction of sp³-hybridized carbons (Fsp3) is 0.0526. The van der Waals surface area contributed by atoms with Gasteiger partial charge < -0.3 is 5.32 Å². The van der Waals surface area contributed by atoms with E-state index in [2.05, 4.69) is 20.3 Å². The van der Waals surface area contributed by atoms with E-state index in [9.17, 15) is 4.79 Å². The second-order valence-electron chi connectivity index (χ2n) is 5.59. The number of benzene rings is 2. The molecule has 0 radical (unpaired) electrons. The minimum atomic E-state index is -0.261. The minimum absolute atomic E-state index is 0.261. The number of anilines is 2. The lowest BCUT2D eigenvalue weighted by atomic mass is 10.2. The van der Waals surface area contributed by atoms with E-state index in [-0.39, 0.29) is 5.69 Å². The summed E-state index contributed by atoms with van der Waals surface area (Å²) in [4.78, 5) is 24.2. The zero-order chi connectivity index (χ0) is 17.1. The van der Waals surface area contributed by atoms with E-state index in [1.807, 2.05) is 48.5 Å². The summed E-state index contributed by atoms with van der Waals surface area (Å²) in [6, 6.07) is 17.5. The molecule has 4 rings (SSSR count). The van der Waals surface area contributed by atoms with Gasteiger partial charge in [0.1, 0.15) is 12.1 Å². The van der Waals surface area contributed by atoms with Crippen molar-refractivity contribution >= 4 is 22.4 Å². The van der Waals surface area contributed by atoms with Crippen molar-refractivity contribution in [2.75, 3.05) is 5.32 Å². The van der Waals surface area contributed by atoms with Crippen molar-refractivity contribution in [3.63, 3.8) is 0 Å². The minimum Gasteiger partial charge on any atom is -0.340 e. The third-order valence-electron chi connectivity index (χ3n) is 3.87. The number of fused-ring (bicyclic) bond motifs is 1. The van der Waals surface area contributed by atoms with Crippen LogP contribution >= 0.6 is 0 Å². The van der Waals surface area contributed by atoms with E-state index in [1.165, 1.54) is 6.20 Å². The Balaban J connectivity index is 1.63. The van der Waals surface area contributed by atoms with Crippen molar-refractivity contribution in [3.05, 3.63) is 89.4 Å². The van der Waals surface area contributed by atoms with E-state index < -0.39 is 0 Å². The molecule has 0 fully saturated rings. The Labute approximate surface area is 143 Å². The van der Waals surface area contributed by atoms with Crippen molar-refractivity contribution in [1.82, 2.24) is 19.5 Å². The average Bonchev–Trinajstić information content (AvgIpc) is 2.64. The number of hydrogen-bond donors (Lipinski definition) is 1. The van der Waals surface area contributed by atoms with Gasteiger partial charge in [-0.25, -0.2) is 19.7 Å². The fourth-order valence-corrected chi connectivity index (χ4v) is 2.69. The highest BCUT2D eigenvalue weighted by Gasteiger charge is 2.04. The van der Waals surface area contributed by atoms with Crippen molar-refractivity contribution in [2.24, 2.45) is 0 Å². The lowest BCUT2D eigenvalue weighted by Gasteiger charge is -2.10. The molecule has 0 aliphatic carbocycles. The summed E-state index contributed by atoms with van der Waals surface area (Å²) < 4.78 is 1.57. The Bertz CT molecular complexity index is 1080. The molecule has 0 atom stereocenters. The van der Waals surface area contributed by atoms with Crippen LogP contribution in [0, 0.1) is 0 Å².